The van der Waals surface area contributed by atoms with E-state index in [0.717, 1.165) is 16.7 Å². The Hall–Kier alpha value is -2.37. The largest absolute Gasteiger partial charge is 0.393 e. The average Bonchev–Trinajstić information content (AvgIpc) is 2.68. The monoisotopic (exact) mass is 354 g/mol. The van der Waals surface area contributed by atoms with Crippen molar-refractivity contribution in [3.8, 4) is 0 Å². The van der Waals surface area contributed by atoms with E-state index in [-0.39, 0.29) is 18.7 Å². The van der Waals surface area contributed by atoms with Gasteiger partial charge < -0.3 is 20.4 Å². The number of aliphatic hydroxyl groups is 2. The summed E-state index contributed by atoms with van der Waals surface area (Å²) < 4.78 is 0. The predicted octanol–water partition coefficient (Wildman–Crippen LogP) is 2.61. The lowest BCUT2D eigenvalue weighted by atomic mass is 9.92. The summed E-state index contributed by atoms with van der Waals surface area (Å²) in [6.07, 6.45) is 0.772. The molecular formula is C21H26N2O3. The molecule has 0 bridgehead atoms. The van der Waals surface area contributed by atoms with Crippen molar-refractivity contribution in [2.24, 2.45) is 0 Å². The Morgan fingerprint density at radius 3 is 2.35 bits per heavy atom. The summed E-state index contributed by atoms with van der Waals surface area (Å²) in [5.74, 6) is 0. The lowest BCUT2D eigenvalue weighted by Gasteiger charge is -2.37. The van der Waals surface area contributed by atoms with Crippen molar-refractivity contribution in [3.05, 3.63) is 71.3 Å². The van der Waals surface area contributed by atoms with Crippen LogP contribution in [-0.4, -0.2) is 46.4 Å². The summed E-state index contributed by atoms with van der Waals surface area (Å²) >= 11 is 0. The molecular weight excluding hydrogens is 328 g/mol. The highest BCUT2D eigenvalue weighted by atomic mass is 16.3. The van der Waals surface area contributed by atoms with E-state index in [1.165, 1.54) is 0 Å². The Morgan fingerprint density at radius 2 is 1.73 bits per heavy atom. The number of aryl methyl sites for hydroxylation is 1. The van der Waals surface area contributed by atoms with Gasteiger partial charge in [-0.05, 0) is 36.5 Å². The molecule has 26 heavy (non-hydrogen) atoms. The third-order valence-electron chi connectivity index (χ3n) is 5.18. The lowest BCUT2D eigenvalue weighted by Crippen LogP contribution is -2.51. The number of carbonyl (C=O) groups is 1. The number of urea groups is 1. The van der Waals surface area contributed by atoms with Crippen molar-refractivity contribution in [1.82, 2.24) is 10.2 Å². The summed E-state index contributed by atoms with van der Waals surface area (Å²) in [5.41, 5.74) is 2.15. The van der Waals surface area contributed by atoms with Gasteiger partial charge in [0, 0.05) is 13.1 Å². The third kappa shape index (κ3) is 4.06. The van der Waals surface area contributed by atoms with Crippen LogP contribution in [0.4, 0.5) is 4.79 Å². The van der Waals surface area contributed by atoms with Gasteiger partial charge >= 0.3 is 6.03 Å². The average molecular weight is 354 g/mol. The Kier molecular flexibility index (Phi) is 5.59. The summed E-state index contributed by atoms with van der Waals surface area (Å²) in [5, 5.41) is 22.6. The lowest BCUT2D eigenvalue weighted by molar-refractivity contribution is -0.0527. The molecule has 3 rings (SSSR count). The van der Waals surface area contributed by atoms with Gasteiger partial charge in [-0.1, -0.05) is 54.6 Å². The normalized spacial score (nSPS) is 17.6. The number of amides is 2. The van der Waals surface area contributed by atoms with Crippen LogP contribution in [0.15, 0.2) is 54.6 Å². The fourth-order valence-electron chi connectivity index (χ4n) is 3.40. The van der Waals surface area contributed by atoms with E-state index in [2.05, 4.69) is 5.32 Å². The van der Waals surface area contributed by atoms with Crippen LogP contribution in [0.1, 0.15) is 35.6 Å². The van der Waals surface area contributed by atoms with Crippen molar-refractivity contribution in [2.45, 2.75) is 31.4 Å². The molecule has 138 valence electrons. The molecule has 5 heteroatoms. The summed E-state index contributed by atoms with van der Waals surface area (Å²) in [4.78, 5) is 14.5. The zero-order valence-corrected chi connectivity index (χ0v) is 15.1. The number of benzene rings is 2. The van der Waals surface area contributed by atoms with Gasteiger partial charge in [0.05, 0.1) is 18.2 Å². The molecule has 1 aliphatic heterocycles. The summed E-state index contributed by atoms with van der Waals surface area (Å²) in [7, 11) is 0. The van der Waals surface area contributed by atoms with E-state index in [1.807, 2.05) is 61.5 Å². The Morgan fingerprint density at radius 1 is 1.12 bits per heavy atom. The van der Waals surface area contributed by atoms with Crippen LogP contribution in [0.2, 0.25) is 0 Å². The van der Waals surface area contributed by atoms with Crippen molar-refractivity contribution in [1.29, 1.82) is 0 Å². The highest BCUT2D eigenvalue weighted by Gasteiger charge is 2.34. The third-order valence-corrected chi connectivity index (χ3v) is 5.18. The highest BCUT2D eigenvalue weighted by molar-refractivity contribution is 5.75. The van der Waals surface area contributed by atoms with Crippen LogP contribution in [0, 0.1) is 6.92 Å². The molecule has 0 aromatic heterocycles. The zero-order chi connectivity index (χ0) is 18.6. The molecule has 2 aromatic rings. The number of carbonyl (C=O) groups excluding carboxylic acids is 1. The molecule has 0 saturated carbocycles. The molecule has 1 heterocycles. The van der Waals surface area contributed by atoms with Gasteiger partial charge in [-0.25, -0.2) is 4.79 Å². The second-order valence-corrected chi connectivity index (χ2v) is 7.02. The minimum Gasteiger partial charge on any atom is -0.393 e. The van der Waals surface area contributed by atoms with Gasteiger partial charge in [-0.3, -0.25) is 0 Å². The topological polar surface area (TPSA) is 72.8 Å². The molecule has 2 aromatic carbocycles. The maximum atomic E-state index is 12.8. The van der Waals surface area contributed by atoms with Gasteiger partial charge in [-0.2, -0.15) is 0 Å². The molecule has 0 unspecified atom stereocenters. The molecule has 0 radical (unpaired) electrons. The van der Waals surface area contributed by atoms with Gasteiger partial charge in [0.2, 0.25) is 0 Å². The fourth-order valence-corrected chi connectivity index (χ4v) is 3.40. The SMILES string of the molecule is Cc1ccccc1[C@@H](NC(=O)N1CCC(O)(CO)CC1)c1ccccc1. The van der Waals surface area contributed by atoms with E-state index in [0.29, 0.717) is 25.9 Å². The van der Waals surface area contributed by atoms with E-state index in [1.54, 1.807) is 4.90 Å². The fraction of sp³-hybridized carbons (Fsp3) is 0.381. The number of nitrogens with zero attached hydrogens (tertiary/aromatic N) is 1. The first kappa shape index (κ1) is 18.4. The van der Waals surface area contributed by atoms with E-state index in [9.17, 15) is 15.0 Å². The smallest absolute Gasteiger partial charge is 0.318 e. The summed E-state index contributed by atoms with van der Waals surface area (Å²) in [6, 6.07) is 17.6. The van der Waals surface area contributed by atoms with E-state index < -0.39 is 5.60 Å². The molecule has 1 atom stereocenters. The van der Waals surface area contributed by atoms with Crippen LogP contribution >= 0.6 is 0 Å². The predicted molar refractivity (Wildman–Crippen MR) is 101 cm³/mol. The second kappa shape index (κ2) is 7.89. The number of hydrogen-bond donors (Lipinski definition) is 3. The molecule has 0 aliphatic carbocycles. The van der Waals surface area contributed by atoms with Crippen LogP contribution in [0.25, 0.3) is 0 Å². The van der Waals surface area contributed by atoms with Gasteiger partial charge in [0.25, 0.3) is 0 Å². The second-order valence-electron chi connectivity index (χ2n) is 7.02. The Bertz CT molecular complexity index is 740. The number of nitrogens with one attached hydrogen (secondary N) is 1. The van der Waals surface area contributed by atoms with Gasteiger partial charge in [0.15, 0.2) is 0 Å². The maximum Gasteiger partial charge on any atom is 0.318 e. The maximum absolute atomic E-state index is 12.8. The molecule has 2 amide bonds. The molecule has 1 aliphatic rings. The molecule has 1 saturated heterocycles. The minimum atomic E-state index is -1.06. The standard InChI is InChI=1S/C21H26N2O3/c1-16-7-5-6-10-18(16)19(17-8-3-2-4-9-17)22-20(25)23-13-11-21(26,15-24)12-14-23/h2-10,19,24,26H,11-15H2,1H3,(H,22,25)/t19-/m0/s1. The number of rotatable bonds is 4. The van der Waals surface area contributed by atoms with Crippen molar-refractivity contribution < 1.29 is 15.0 Å². The molecule has 0 spiro atoms. The Labute approximate surface area is 154 Å². The van der Waals surface area contributed by atoms with E-state index in [4.69, 9.17) is 0 Å². The van der Waals surface area contributed by atoms with Gasteiger partial charge in [0.1, 0.15) is 0 Å². The molecule has 3 N–H and O–H groups in total. The summed E-state index contributed by atoms with van der Waals surface area (Å²) in [6.45, 7) is 2.63. The number of hydrogen-bond acceptors (Lipinski definition) is 3. The molecule has 5 nitrogen and oxygen atoms in total. The van der Waals surface area contributed by atoms with Crippen molar-refractivity contribution >= 4 is 6.03 Å². The van der Waals surface area contributed by atoms with Crippen LogP contribution in [-0.2, 0) is 0 Å². The van der Waals surface area contributed by atoms with Crippen molar-refractivity contribution in [3.63, 3.8) is 0 Å². The van der Waals surface area contributed by atoms with Crippen LogP contribution < -0.4 is 5.32 Å². The number of piperidine rings is 1. The van der Waals surface area contributed by atoms with Crippen molar-refractivity contribution in [2.75, 3.05) is 19.7 Å². The first-order chi connectivity index (χ1) is 12.5. The van der Waals surface area contributed by atoms with Gasteiger partial charge in [-0.15, -0.1) is 0 Å². The van der Waals surface area contributed by atoms with Crippen LogP contribution in [0.3, 0.4) is 0 Å². The first-order valence-corrected chi connectivity index (χ1v) is 9.01. The Balaban J connectivity index is 1.79. The first-order valence-electron chi connectivity index (χ1n) is 9.01. The number of aliphatic hydroxyl groups excluding tert-OH is 1. The quantitative estimate of drug-likeness (QED) is 0.790. The van der Waals surface area contributed by atoms with E-state index >= 15 is 0 Å². The van der Waals surface area contributed by atoms with Crippen LogP contribution in [0.5, 0.6) is 0 Å². The minimum absolute atomic E-state index is 0.151. The number of likely N-dealkylation sites (tertiary alicyclic amines) is 1. The zero-order valence-electron chi connectivity index (χ0n) is 15.1. The highest BCUT2D eigenvalue weighted by Crippen LogP contribution is 2.26. The molecule has 1 fully saturated rings.